The Morgan fingerprint density at radius 3 is 2.57 bits per heavy atom. The fourth-order valence-electron chi connectivity index (χ4n) is 2.59. The lowest BCUT2D eigenvalue weighted by Gasteiger charge is -2.38. The van der Waals surface area contributed by atoms with E-state index >= 15 is 0 Å². The summed E-state index contributed by atoms with van der Waals surface area (Å²) < 4.78 is 33.4. The van der Waals surface area contributed by atoms with E-state index in [1.807, 2.05) is 14.0 Å². The highest BCUT2D eigenvalue weighted by Gasteiger charge is 2.36. The van der Waals surface area contributed by atoms with Crippen LogP contribution in [0.2, 0.25) is 0 Å². The molecule has 1 fully saturated rings. The molecule has 0 atom stereocenters. The van der Waals surface area contributed by atoms with Crippen LogP contribution in [0, 0.1) is 0 Å². The molecule has 1 saturated carbocycles. The summed E-state index contributed by atoms with van der Waals surface area (Å²) in [7, 11) is -0.0667. The van der Waals surface area contributed by atoms with Crippen LogP contribution in [-0.4, -0.2) is 34.7 Å². The van der Waals surface area contributed by atoms with Gasteiger partial charge in [0.05, 0.1) is 12.0 Å². The second-order valence-corrected chi connectivity index (χ2v) is 7.50. The molecule has 1 aliphatic rings. The van der Waals surface area contributed by atoms with Gasteiger partial charge in [0.1, 0.15) is 5.75 Å². The van der Waals surface area contributed by atoms with Crippen LogP contribution in [0.4, 0.5) is 0 Å². The summed E-state index contributed by atoms with van der Waals surface area (Å²) in [5.74, 6) is 0.676. The van der Waals surface area contributed by atoms with Crippen molar-refractivity contribution in [1.82, 2.24) is 10.0 Å². The second-order valence-electron chi connectivity index (χ2n) is 5.85. The fourth-order valence-corrected chi connectivity index (χ4v) is 4.30. The van der Waals surface area contributed by atoms with Crippen molar-refractivity contribution in [2.45, 2.75) is 43.0 Å². The molecule has 0 spiro atoms. The van der Waals surface area contributed by atoms with Gasteiger partial charge in [-0.15, -0.1) is 0 Å². The maximum atomic E-state index is 12.7. The fraction of sp³-hybridized carbons (Fsp3) is 0.600. The highest BCUT2D eigenvalue weighted by molar-refractivity contribution is 7.89. The molecular formula is C15H24N2O3S. The zero-order chi connectivity index (χ0) is 15.5. The van der Waals surface area contributed by atoms with Crippen molar-refractivity contribution in [2.24, 2.45) is 0 Å². The van der Waals surface area contributed by atoms with Gasteiger partial charge in [-0.2, -0.15) is 0 Å². The predicted molar refractivity (Wildman–Crippen MR) is 83.2 cm³/mol. The van der Waals surface area contributed by atoms with Crippen LogP contribution in [0.15, 0.2) is 23.1 Å². The summed E-state index contributed by atoms with van der Waals surface area (Å²) in [6.07, 6.45) is 3.51. The van der Waals surface area contributed by atoms with Gasteiger partial charge in [-0.25, -0.2) is 13.1 Å². The van der Waals surface area contributed by atoms with Gasteiger partial charge in [0.25, 0.3) is 0 Å². The van der Waals surface area contributed by atoms with Gasteiger partial charge in [-0.05, 0) is 70.0 Å². The highest BCUT2D eigenvalue weighted by Crippen LogP contribution is 2.33. The first-order valence-corrected chi connectivity index (χ1v) is 8.74. The van der Waals surface area contributed by atoms with Crippen molar-refractivity contribution in [1.29, 1.82) is 0 Å². The minimum Gasteiger partial charge on any atom is -0.497 e. The first-order chi connectivity index (χ1) is 9.90. The maximum absolute atomic E-state index is 12.7. The van der Waals surface area contributed by atoms with Crippen LogP contribution < -0.4 is 14.8 Å². The Kier molecular flexibility index (Phi) is 4.91. The average molecular weight is 312 g/mol. The van der Waals surface area contributed by atoms with Crippen molar-refractivity contribution < 1.29 is 13.2 Å². The number of benzene rings is 1. The molecule has 2 N–H and O–H groups in total. The van der Waals surface area contributed by atoms with Crippen molar-refractivity contribution in [3.05, 3.63) is 23.8 Å². The molecule has 0 bridgehead atoms. The summed E-state index contributed by atoms with van der Waals surface area (Å²) in [6.45, 7) is 2.68. The molecule has 0 aromatic heterocycles. The zero-order valence-electron chi connectivity index (χ0n) is 12.9. The maximum Gasteiger partial charge on any atom is 0.241 e. The first kappa shape index (κ1) is 16.3. The van der Waals surface area contributed by atoms with Gasteiger partial charge in [-0.1, -0.05) is 0 Å². The Bertz CT molecular complexity index is 595. The third kappa shape index (κ3) is 3.75. The van der Waals surface area contributed by atoms with Gasteiger partial charge < -0.3 is 10.1 Å². The van der Waals surface area contributed by atoms with Crippen LogP contribution in [0.25, 0.3) is 0 Å². The Labute approximate surface area is 127 Å². The van der Waals surface area contributed by atoms with Gasteiger partial charge in [0.2, 0.25) is 10.0 Å². The van der Waals surface area contributed by atoms with E-state index < -0.39 is 10.0 Å². The van der Waals surface area contributed by atoms with Crippen molar-refractivity contribution >= 4 is 10.0 Å². The Morgan fingerprint density at radius 1 is 1.33 bits per heavy atom. The minimum absolute atomic E-state index is 0.293. The lowest BCUT2D eigenvalue weighted by atomic mass is 9.80. The Hall–Kier alpha value is -1.11. The van der Waals surface area contributed by atoms with Crippen molar-refractivity contribution in [3.63, 3.8) is 0 Å². The van der Waals surface area contributed by atoms with Crippen LogP contribution in [0.1, 0.15) is 31.7 Å². The standard InChI is InChI=1S/C15H24N2O3S/c1-15(8-4-9-15)17-21(18,19)14-6-5-13(20-3)11-12(14)7-10-16-2/h5-6,11,16-17H,4,7-10H2,1-3H3. The van der Waals surface area contributed by atoms with E-state index in [9.17, 15) is 8.42 Å². The molecule has 6 heteroatoms. The molecule has 0 saturated heterocycles. The van der Waals surface area contributed by atoms with Crippen LogP contribution in [0.5, 0.6) is 5.75 Å². The molecule has 1 aromatic rings. The number of hydrogen-bond donors (Lipinski definition) is 2. The minimum atomic E-state index is -3.50. The lowest BCUT2D eigenvalue weighted by molar-refractivity contribution is 0.248. The number of likely N-dealkylation sites (N-methyl/N-ethyl adjacent to an activating group) is 1. The van der Waals surface area contributed by atoms with Crippen molar-refractivity contribution in [2.75, 3.05) is 20.7 Å². The molecular weight excluding hydrogens is 288 g/mol. The summed E-state index contributed by atoms with van der Waals surface area (Å²) in [5, 5.41) is 3.05. The smallest absolute Gasteiger partial charge is 0.241 e. The van der Waals surface area contributed by atoms with Crippen LogP contribution in [0.3, 0.4) is 0 Å². The molecule has 0 unspecified atom stereocenters. The zero-order valence-corrected chi connectivity index (χ0v) is 13.7. The van der Waals surface area contributed by atoms with Crippen LogP contribution in [-0.2, 0) is 16.4 Å². The SMILES string of the molecule is CNCCc1cc(OC)ccc1S(=O)(=O)NC1(C)CCC1. The third-order valence-electron chi connectivity index (χ3n) is 4.04. The molecule has 0 heterocycles. The van der Waals surface area contributed by atoms with Gasteiger partial charge >= 0.3 is 0 Å². The molecule has 118 valence electrons. The van der Waals surface area contributed by atoms with Crippen molar-refractivity contribution in [3.8, 4) is 5.75 Å². The molecule has 5 nitrogen and oxygen atoms in total. The summed E-state index contributed by atoms with van der Waals surface area (Å²) in [4.78, 5) is 0.353. The lowest BCUT2D eigenvalue weighted by Crippen LogP contribution is -2.50. The second kappa shape index (κ2) is 6.34. The Balaban J connectivity index is 2.31. The van der Waals surface area contributed by atoms with E-state index in [1.54, 1.807) is 25.3 Å². The number of methoxy groups -OCH3 is 1. The van der Waals surface area contributed by atoms with Crippen LogP contribution >= 0.6 is 0 Å². The molecule has 1 aliphatic carbocycles. The molecule has 21 heavy (non-hydrogen) atoms. The van der Waals surface area contributed by atoms with E-state index in [1.165, 1.54) is 0 Å². The molecule has 0 amide bonds. The highest BCUT2D eigenvalue weighted by atomic mass is 32.2. The summed E-state index contributed by atoms with van der Waals surface area (Å²) in [5.41, 5.74) is 0.484. The van der Waals surface area contributed by atoms with E-state index in [4.69, 9.17) is 4.74 Å². The molecule has 2 rings (SSSR count). The quantitative estimate of drug-likeness (QED) is 0.804. The summed E-state index contributed by atoms with van der Waals surface area (Å²) >= 11 is 0. The molecule has 0 aliphatic heterocycles. The topological polar surface area (TPSA) is 67.4 Å². The monoisotopic (exact) mass is 312 g/mol. The van der Waals surface area contributed by atoms with Gasteiger partial charge in [0.15, 0.2) is 0 Å². The van der Waals surface area contributed by atoms with E-state index in [-0.39, 0.29) is 5.54 Å². The van der Waals surface area contributed by atoms with E-state index in [2.05, 4.69) is 10.0 Å². The molecule has 1 aromatic carbocycles. The van der Waals surface area contributed by atoms with E-state index in [0.717, 1.165) is 24.8 Å². The number of sulfonamides is 1. The number of hydrogen-bond acceptors (Lipinski definition) is 4. The largest absolute Gasteiger partial charge is 0.497 e. The third-order valence-corrected chi connectivity index (χ3v) is 5.78. The predicted octanol–water partition coefficient (Wildman–Crippen LogP) is 1.68. The van der Waals surface area contributed by atoms with Gasteiger partial charge in [-0.3, -0.25) is 0 Å². The molecule has 0 radical (unpaired) electrons. The van der Waals surface area contributed by atoms with E-state index in [0.29, 0.717) is 23.6 Å². The number of rotatable bonds is 7. The normalized spacial score (nSPS) is 17.3. The Morgan fingerprint density at radius 2 is 2.05 bits per heavy atom. The number of ether oxygens (including phenoxy) is 1. The summed E-state index contributed by atoms with van der Waals surface area (Å²) in [6, 6.07) is 5.13. The first-order valence-electron chi connectivity index (χ1n) is 7.26. The average Bonchev–Trinajstić information content (AvgIpc) is 2.42. The van der Waals surface area contributed by atoms with Gasteiger partial charge in [0, 0.05) is 5.54 Å². The number of nitrogens with one attached hydrogen (secondary N) is 2.